The van der Waals surface area contributed by atoms with Gasteiger partial charge in [-0.15, -0.1) is 0 Å². The average Bonchev–Trinajstić information content (AvgIpc) is 2.60. The molecular formula is C20H20N2O3S2. The van der Waals surface area contributed by atoms with Gasteiger partial charge in [-0.3, -0.25) is 4.79 Å². The minimum Gasteiger partial charge on any atom is -0.324 e. The molecule has 0 saturated carbocycles. The fourth-order valence-electron chi connectivity index (χ4n) is 2.82. The van der Waals surface area contributed by atoms with Crippen molar-refractivity contribution >= 4 is 44.1 Å². The molecule has 0 aliphatic heterocycles. The Labute approximate surface area is 163 Å². The number of benzene rings is 2. The lowest BCUT2D eigenvalue weighted by Gasteiger charge is -2.10. The first-order valence-corrected chi connectivity index (χ1v) is 11.2. The zero-order chi connectivity index (χ0) is 19.6. The highest BCUT2D eigenvalue weighted by molar-refractivity contribution is 7.99. The Morgan fingerprint density at radius 1 is 1.07 bits per heavy atom. The van der Waals surface area contributed by atoms with Gasteiger partial charge in [0.05, 0.1) is 26.9 Å². The molecule has 3 rings (SSSR count). The van der Waals surface area contributed by atoms with Crippen LogP contribution < -0.4 is 5.32 Å². The summed E-state index contributed by atoms with van der Waals surface area (Å²) in [5.74, 6) is -0.137. The summed E-state index contributed by atoms with van der Waals surface area (Å²) in [6.07, 6.45) is 1.12. The number of fused-ring (bicyclic) bond motifs is 1. The number of carbonyl (C=O) groups is 1. The van der Waals surface area contributed by atoms with Crippen molar-refractivity contribution in [3.8, 4) is 0 Å². The van der Waals surface area contributed by atoms with E-state index in [2.05, 4.69) is 10.3 Å². The van der Waals surface area contributed by atoms with E-state index in [0.29, 0.717) is 5.69 Å². The number of amides is 1. The first-order chi connectivity index (χ1) is 12.8. The van der Waals surface area contributed by atoms with Crippen LogP contribution in [0.2, 0.25) is 0 Å². The molecule has 1 amide bonds. The Hall–Kier alpha value is -2.38. The van der Waals surface area contributed by atoms with Gasteiger partial charge < -0.3 is 5.32 Å². The van der Waals surface area contributed by atoms with E-state index in [9.17, 15) is 13.2 Å². The predicted molar refractivity (Wildman–Crippen MR) is 110 cm³/mol. The molecule has 3 aromatic rings. The monoisotopic (exact) mass is 400 g/mol. The molecule has 7 heteroatoms. The Morgan fingerprint density at radius 3 is 2.56 bits per heavy atom. The zero-order valence-electron chi connectivity index (χ0n) is 15.3. The van der Waals surface area contributed by atoms with Crippen LogP contribution in [-0.4, -0.2) is 31.3 Å². The van der Waals surface area contributed by atoms with E-state index in [1.54, 1.807) is 18.2 Å². The van der Waals surface area contributed by atoms with Crippen LogP contribution in [0.5, 0.6) is 0 Å². The van der Waals surface area contributed by atoms with Crippen molar-refractivity contribution in [3.05, 3.63) is 59.7 Å². The van der Waals surface area contributed by atoms with Crippen molar-refractivity contribution in [2.24, 2.45) is 0 Å². The maximum absolute atomic E-state index is 12.3. The maximum Gasteiger partial charge on any atom is 0.234 e. The lowest BCUT2D eigenvalue weighted by molar-refractivity contribution is -0.113. The molecule has 0 bridgehead atoms. The van der Waals surface area contributed by atoms with Gasteiger partial charge in [0.2, 0.25) is 5.91 Å². The van der Waals surface area contributed by atoms with E-state index in [1.165, 1.54) is 17.8 Å². The number of aromatic nitrogens is 1. The van der Waals surface area contributed by atoms with Crippen LogP contribution in [0.4, 0.5) is 5.69 Å². The van der Waals surface area contributed by atoms with Crippen molar-refractivity contribution in [2.75, 3.05) is 17.3 Å². The molecule has 0 atom stereocenters. The van der Waals surface area contributed by atoms with Gasteiger partial charge in [0, 0.05) is 11.6 Å². The predicted octanol–water partition coefficient (Wildman–Crippen LogP) is 3.99. The molecule has 0 spiro atoms. The summed E-state index contributed by atoms with van der Waals surface area (Å²) in [4.78, 5) is 17.1. The molecular weight excluding hydrogens is 380 g/mol. The average molecular weight is 401 g/mol. The second kappa shape index (κ2) is 7.70. The van der Waals surface area contributed by atoms with Crippen molar-refractivity contribution in [2.45, 2.75) is 23.8 Å². The van der Waals surface area contributed by atoms with Gasteiger partial charge in [-0.25, -0.2) is 13.4 Å². The molecule has 1 heterocycles. The van der Waals surface area contributed by atoms with E-state index in [0.717, 1.165) is 33.3 Å². The topological polar surface area (TPSA) is 76.1 Å². The lowest BCUT2D eigenvalue weighted by atomic mass is 10.1. The SMILES string of the molecule is Cc1cc(SCC(=O)Nc2ccccc2S(C)(=O)=O)nc2c(C)cccc12. The molecule has 1 aromatic heterocycles. The van der Waals surface area contributed by atoms with Crippen LogP contribution in [0.1, 0.15) is 11.1 Å². The summed E-state index contributed by atoms with van der Waals surface area (Å²) < 4.78 is 23.7. The lowest BCUT2D eigenvalue weighted by Crippen LogP contribution is -2.16. The normalized spacial score (nSPS) is 11.5. The second-order valence-corrected chi connectivity index (χ2v) is 9.33. The Kier molecular flexibility index (Phi) is 5.53. The third kappa shape index (κ3) is 4.48. The minimum atomic E-state index is -3.41. The number of thioether (sulfide) groups is 1. The molecule has 0 aliphatic rings. The number of nitrogens with zero attached hydrogens (tertiary/aromatic N) is 1. The molecule has 0 unspecified atom stereocenters. The number of carbonyl (C=O) groups excluding carboxylic acids is 1. The molecule has 0 saturated heterocycles. The number of sulfone groups is 1. The van der Waals surface area contributed by atoms with E-state index < -0.39 is 9.84 Å². The molecule has 0 aliphatic carbocycles. The number of aryl methyl sites for hydroxylation is 2. The molecule has 0 fully saturated rings. The van der Waals surface area contributed by atoms with Crippen LogP contribution in [0, 0.1) is 13.8 Å². The number of nitrogens with one attached hydrogen (secondary N) is 1. The smallest absolute Gasteiger partial charge is 0.234 e. The highest BCUT2D eigenvalue weighted by atomic mass is 32.2. The fourth-order valence-corrected chi connectivity index (χ4v) is 4.44. The van der Waals surface area contributed by atoms with Crippen LogP contribution in [-0.2, 0) is 14.6 Å². The third-order valence-electron chi connectivity index (χ3n) is 4.14. The second-order valence-electron chi connectivity index (χ2n) is 6.35. The Morgan fingerprint density at radius 2 is 1.81 bits per heavy atom. The largest absolute Gasteiger partial charge is 0.324 e. The summed E-state index contributed by atoms with van der Waals surface area (Å²) in [7, 11) is -3.41. The number of rotatable bonds is 5. The number of pyridine rings is 1. The maximum atomic E-state index is 12.3. The fraction of sp³-hybridized carbons (Fsp3) is 0.200. The van der Waals surface area contributed by atoms with Gasteiger partial charge in [-0.05, 0) is 43.2 Å². The van der Waals surface area contributed by atoms with Gasteiger partial charge in [0.25, 0.3) is 0 Å². The molecule has 5 nitrogen and oxygen atoms in total. The molecule has 27 heavy (non-hydrogen) atoms. The highest BCUT2D eigenvalue weighted by Crippen LogP contribution is 2.26. The van der Waals surface area contributed by atoms with Gasteiger partial charge in [0.1, 0.15) is 0 Å². The number of para-hydroxylation sites is 2. The number of anilines is 1. The van der Waals surface area contributed by atoms with E-state index in [-0.39, 0.29) is 16.6 Å². The summed E-state index contributed by atoms with van der Waals surface area (Å²) in [6, 6.07) is 14.4. The first-order valence-electron chi connectivity index (χ1n) is 8.34. The third-order valence-corrected chi connectivity index (χ3v) is 6.20. The zero-order valence-corrected chi connectivity index (χ0v) is 16.9. The van der Waals surface area contributed by atoms with Crippen molar-refractivity contribution in [1.82, 2.24) is 4.98 Å². The minimum absolute atomic E-state index is 0.110. The van der Waals surface area contributed by atoms with Crippen LogP contribution in [0.25, 0.3) is 10.9 Å². The van der Waals surface area contributed by atoms with Crippen LogP contribution in [0.3, 0.4) is 0 Å². The summed E-state index contributed by atoms with van der Waals surface area (Å²) in [6.45, 7) is 4.04. The van der Waals surface area contributed by atoms with E-state index in [4.69, 9.17) is 0 Å². The molecule has 2 aromatic carbocycles. The van der Waals surface area contributed by atoms with Gasteiger partial charge in [-0.1, -0.05) is 42.1 Å². The van der Waals surface area contributed by atoms with E-state index >= 15 is 0 Å². The summed E-state index contributed by atoms with van der Waals surface area (Å²) >= 11 is 1.33. The van der Waals surface area contributed by atoms with Gasteiger partial charge >= 0.3 is 0 Å². The number of hydrogen-bond acceptors (Lipinski definition) is 5. The van der Waals surface area contributed by atoms with E-state index in [1.807, 2.05) is 38.1 Å². The van der Waals surface area contributed by atoms with Crippen LogP contribution in [0.15, 0.2) is 58.5 Å². The quantitative estimate of drug-likeness (QED) is 0.656. The summed E-state index contributed by atoms with van der Waals surface area (Å²) in [5, 5.41) is 4.55. The standard InChI is InChI=1S/C20H20N2O3S2/c1-13-7-6-8-15-14(2)11-19(22-20(13)15)26-12-18(23)21-16-9-4-5-10-17(16)27(3,24)25/h4-11H,12H2,1-3H3,(H,21,23). The molecule has 140 valence electrons. The van der Waals surface area contributed by atoms with Crippen molar-refractivity contribution < 1.29 is 13.2 Å². The number of hydrogen-bond donors (Lipinski definition) is 1. The Bertz CT molecular complexity index is 1130. The molecule has 1 N–H and O–H groups in total. The first kappa shape index (κ1) is 19.4. The van der Waals surface area contributed by atoms with Crippen molar-refractivity contribution in [3.63, 3.8) is 0 Å². The van der Waals surface area contributed by atoms with Gasteiger partial charge in [-0.2, -0.15) is 0 Å². The summed E-state index contributed by atoms with van der Waals surface area (Å²) in [5.41, 5.74) is 3.42. The molecule has 0 radical (unpaired) electrons. The van der Waals surface area contributed by atoms with Crippen molar-refractivity contribution in [1.29, 1.82) is 0 Å². The Balaban J connectivity index is 1.76. The highest BCUT2D eigenvalue weighted by Gasteiger charge is 2.15. The van der Waals surface area contributed by atoms with Crippen LogP contribution >= 0.6 is 11.8 Å². The van der Waals surface area contributed by atoms with Gasteiger partial charge in [0.15, 0.2) is 9.84 Å².